The Morgan fingerprint density at radius 3 is 2.52 bits per heavy atom. The molecule has 6 heteroatoms. The lowest BCUT2D eigenvalue weighted by Crippen LogP contribution is -2.55. The van der Waals surface area contributed by atoms with E-state index in [1.165, 1.54) is 0 Å². The number of likely N-dealkylation sites (tertiary alicyclic amines) is 1. The Balaban J connectivity index is 1.81. The van der Waals surface area contributed by atoms with Gasteiger partial charge in [0.2, 0.25) is 0 Å². The summed E-state index contributed by atoms with van der Waals surface area (Å²) >= 11 is 0. The molecule has 0 spiro atoms. The lowest BCUT2D eigenvalue weighted by atomic mass is 9.92. The fraction of sp³-hybridized carbons (Fsp3) is 0.867. The smallest absolute Gasteiger partial charge is 0.320 e. The molecule has 2 rings (SSSR count). The number of urea groups is 1. The van der Waals surface area contributed by atoms with E-state index < -0.39 is 5.97 Å². The van der Waals surface area contributed by atoms with Gasteiger partial charge in [-0.05, 0) is 39.0 Å². The van der Waals surface area contributed by atoms with Crippen molar-refractivity contribution in [2.45, 2.75) is 51.7 Å². The number of hydrogen-bond acceptors (Lipinski definition) is 3. The van der Waals surface area contributed by atoms with Crippen molar-refractivity contribution >= 4 is 12.0 Å². The van der Waals surface area contributed by atoms with E-state index >= 15 is 0 Å². The molecule has 2 aliphatic heterocycles. The van der Waals surface area contributed by atoms with Crippen molar-refractivity contribution in [3.63, 3.8) is 0 Å². The van der Waals surface area contributed by atoms with Crippen molar-refractivity contribution in [2.24, 2.45) is 5.92 Å². The molecule has 2 aliphatic rings. The number of carbonyl (C=O) groups is 2. The van der Waals surface area contributed by atoms with E-state index in [0.717, 1.165) is 32.4 Å². The number of rotatable bonds is 3. The Kier molecular flexibility index (Phi) is 5.45. The predicted octanol–water partition coefficient (Wildman–Crippen LogP) is 1.79. The SMILES string of the molecule is CC1CN(C(=O)N2CCC(CCC(=O)O)CC2)C(C)CO1. The molecule has 0 radical (unpaired) electrons. The largest absolute Gasteiger partial charge is 0.481 e. The number of nitrogens with zero attached hydrogens (tertiary/aromatic N) is 2. The summed E-state index contributed by atoms with van der Waals surface area (Å²) in [7, 11) is 0. The van der Waals surface area contributed by atoms with Crippen molar-refractivity contribution in [3.05, 3.63) is 0 Å². The first kappa shape index (κ1) is 16.1. The van der Waals surface area contributed by atoms with Crippen molar-refractivity contribution in [1.29, 1.82) is 0 Å². The molecule has 2 saturated heterocycles. The van der Waals surface area contributed by atoms with E-state index in [2.05, 4.69) is 0 Å². The molecule has 2 heterocycles. The molecule has 2 amide bonds. The quantitative estimate of drug-likeness (QED) is 0.862. The summed E-state index contributed by atoms with van der Waals surface area (Å²) in [6.07, 6.45) is 2.87. The molecule has 2 atom stereocenters. The Hall–Kier alpha value is -1.30. The average molecular weight is 298 g/mol. The maximum Gasteiger partial charge on any atom is 0.320 e. The van der Waals surface area contributed by atoms with Gasteiger partial charge < -0.3 is 19.6 Å². The minimum Gasteiger partial charge on any atom is -0.481 e. The van der Waals surface area contributed by atoms with E-state index in [9.17, 15) is 9.59 Å². The number of ether oxygens (including phenoxy) is 1. The van der Waals surface area contributed by atoms with E-state index in [0.29, 0.717) is 19.1 Å². The van der Waals surface area contributed by atoms with E-state index in [4.69, 9.17) is 9.84 Å². The minimum atomic E-state index is -0.732. The maximum absolute atomic E-state index is 12.6. The van der Waals surface area contributed by atoms with Gasteiger partial charge in [0.1, 0.15) is 0 Å². The normalized spacial score (nSPS) is 27.7. The Labute approximate surface area is 126 Å². The summed E-state index contributed by atoms with van der Waals surface area (Å²) in [5.41, 5.74) is 0. The van der Waals surface area contributed by atoms with Gasteiger partial charge in [-0.3, -0.25) is 4.79 Å². The molecule has 2 unspecified atom stereocenters. The Morgan fingerprint density at radius 2 is 1.90 bits per heavy atom. The van der Waals surface area contributed by atoms with Gasteiger partial charge in [0.25, 0.3) is 0 Å². The van der Waals surface area contributed by atoms with Gasteiger partial charge >= 0.3 is 12.0 Å². The topological polar surface area (TPSA) is 70.1 Å². The lowest BCUT2D eigenvalue weighted by molar-refractivity contribution is -0.137. The van der Waals surface area contributed by atoms with Gasteiger partial charge in [0.15, 0.2) is 0 Å². The van der Waals surface area contributed by atoms with Crippen LogP contribution in [0, 0.1) is 5.92 Å². The van der Waals surface area contributed by atoms with Crippen LogP contribution >= 0.6 is 0 Å². The molecule has 0 aromatic rings. The summed E-state index contributed by atoms with van der Waals surface area (Å²) in [4.78, 5) is 27.0. The zero-order chi connectivity index (χ0) is 15.4. The number of hydrogen-bond donors (Lipinski definition) is 1. The third-order valence-electron chi connectivity index (χ3n) is 4.51. The monoisotopic (exact) mass is 298 g/mol. The van der Waals surface area contributed by atoms with E-state index in [1.807, 2.05) is 23.6 Å². The second kappa shape index (κ2) is 7.11. The highest BCUT2D eigenvalue weighted by Gasteiger charge is 2.32. The number of carboxylic acid groups (broad SMARTS) is 1. The molecular formula is C15H26N2O4. The van der Waals surface area contributed by atoms with Crippen LogP contribution in [0.1, 0.15) is 39.5 Å². The zero-order valence-electron chi connectivity index (χ0n) is 13.0. The minimum absolute atomic E-state index is 0.0956. The summed E-state index contributed by atoms with van der Waals surface area (Å²) in [6, 6.07) is 0.229. The van der Waals surface area contributed by atoms with Crippen LogP contribution < -0.4 is 0 Å². The highest BCUT2D eigenvalue weighted by atomic mass is 16.5. The number of carboxylic acids is 1. The molecule has 0 aliphatic carbocycles. The molecule has 6 nitrogen and oxygen atoms in total. The fourth-order valence-electron chi connectivity index (χ4n) is 3.09. The summed E-state index contributed by atoms with van der Waals surface area (Å²) in [5.74, 6) is -0.296. The molecule has 1 N–H and O–H groups in total. The third kappa shape index (κ3) is 4.33. The van der Waals surface area contributed by atoms with Gasteiger partial charge in [-0.15, -0.1) is 0 Å². The van der Waals surface area contributed by atoms with Gasteiger partial charge in [-0.25, -0.2) is 4.79 Å². The number of morpholine rings is 1. The number of piperidine rings is 1. The highest BCUT2D eigenvalue weighted by molar-refractivity contribution is 5.75. The maximum atomic E-state index is 12.6. The summed E-state index contributed by atoms with van der Waals surface area (Å²) in [5, 5.41) is 8.73. The van der Waals surface area contributed by atoms with Crippen LogP contribution in [-0.2, 0) is 9.53 Å². The zero-order valence-corrected chi connectivity index (χ0v) is 13.0. The summed E-state index contributed by atoms with van der Waals surface area (Å²) < 4.78 is 5.56. The van der Waals surface area contributed by atoms with E-state index in [-0.39, 0.29) is 24.6 Å². The molecule has 21 heavy (non-hydrogen) atoms. The van der Waals surface area contributed by atoms with Crippen LogP contribution in [0.3, 0.4) is 0 Å². The van der Waals surface area contributed by atoms with E-state index in [1.54, 1.807) is 0 Å². The van der Waals surface area contributed by atoms with Crippen molar-refractivity contribution < 1.29 is 19.4 Å². The molecular weight excluding hydrogens is 272 g/mol. The highest BCUT2D eigenvalue weighted by Crippen LogP contribution is 2.24. The molecule has 0 bridgehead atoms. The van der Waals surface area contributed by atoms with Gasteiger partial charge in [0, 0.05) is 26.1 Å². The first-order valence-electron chi connectivity index (χ1n) is 7.86. The molecule has 2 fully saturated rings. The van der Waals surface area contributed by atoms with Gasteiger partial charge in [0.05, 0.1) is 18.8 Å². The van der Waals surface area contributed by atoms with Gasteiger partial charge in [-0.2, -0.15) is 0 Å². The molecule has 0 aromatic heterocycles. The van der Waals surface area contributed by atoms with Gasteiger partial charge in [-0.1, -0.05) is 0 Å². The lowest BCUT2D eigenvalue weighted by Gasteiger charge is -2.41. The number of amides is 2. The second-order valence-electron chi connectivity index (χ2n) is 6.29. The first-order chi connectivity index (χ1) is 9.97. The fourth-order valence-corrected chi connectivity index (χ4v) is 3.09. The average Bonchev–Trinajstić information content (AvgIpc) is 2.47. The Morgan fingerprint density at radius 1 is 1.24 bits per heavy atom. The molecule has 0 saturated carbocycles. The molecule has 0 aromatic carbocycles. The second-order valence-corrected chi connectivity index (χ2v) is 6.29. The van der Waals surface area contributed by atoms with Crippen molar-refractivity contribution in [3.8, 4) is 0 Å². The van der Waals surface area contributed by atoms with Crippen LogP contribution in [0.2, 0.25) is 0 Å². The van der Waals surface area contributed by atoms with Crippen molar-refractivity contribution in [2.75, 3.05) is 26.2 Å². The standard InChI is InChI=1S/C15H26N2O4/c1-11-10-21-12(2)9-17(11)15(20)16-7-5-13(6-8-16)3-4-14(18)19/h11-13H,3-10H2,1-2H3,(H,18,19). The predicted molar refractivity (Wildman–Crippen MR) is 78.1 cm³/mol. The van der Waals surface area contributed by atoms with Crippen LogP contribution in [0.25, 0.3) is 0 Å². The number of aliphatic carboxylic acids is 1. The van der Waals surface area contributed by atoms with Crippen LogP contribution in [0.4, 0.5) is 4.79 Å². The third-order valence-corrected chi connectivity index (χ3v) is 4.51. The molecule has 120 valence electrons. The van der Waals surface area contributed by atoms with Crippen LogP contribution in [0.5, 0.6) is 0 Å². The summed E-state index contributed by atoms with van der Waals surface area (Å²) in [6.45, 7) is 6.73. The number of carbonyl (C=O) groups excluding carboxylic acids is 1. The van der Waals surface area contributed by atoms with Crippen molar-refractivity contribution in [1.82, 2.24) is 9.80 Å². The van der Waals surface area contributed by atoms with Crippen LogP contribution in [0.15, 0.2) is 0 Å². The van der Waals surface area contributed by atoms with Crippen LogP contribution in [-0.4, -0.2) is 65.3 Å². The Bertz CT molecular complexity index is 380. The first-order valence-corrected chi connectivity index (χ1v) is 7.86.